The second-order valence-electron chi connectivity index (χ2n) is 4.61. The van der Waals surface area contributed by atoms with Crippen molar-refractivity contribution in [3.63, 3.8) is 0 Å². The van der Waals surface area contributed by atoms with Crippen LogP contribution < -0.4 is 10.1 Å². The number of alkyl halides is 2. The topological polar surface area (TPSA) is 48.3 Å². The summed E-state index contributed by atoms with van der Waals surface area (Å²) < 4.78 is 28.6. The average molecular weight is 354 g/mol. The molecule has 0 spiro atoms. The van der Waals surface area contributed by atoms with Crippen molar-refractivity contribution in [3.05, 3.63) is 29.8 Å². The maximum atomic E-state index is 12.1. The molecule has 1 aromatic rings. The molecule has 0 amide bonds. The Hall–Kier alpha value is -1.13. The number of nitrogens with zero attached hydrogens (tertiary/aromatic N) is 2. The molecule has 1 aliphatic rings. The number of piperazine rings is 1. The molecule has 8 heteroatoms. The van der Waals surface area contributed by atoms with Crippen LogP contribution in [-0.4, -0.2) is 37.7 Å². The summed E-state index contributed by atoms with van der Waals surface area (Å²) in [6, 6.07) is 8.75. The average Bonchev–Trinajstić information content (AvgIpc) is 2.46. The van der Waals surface area contributed by atoms with Crippen molar-refractivity contribution < 1.29 is 13.5 Å². The van der Waals surface area contributed by atoms with Crippen molar-refractivity contribution in [1.29, 1.82) is 5.26 Å². The SMILES string of the molecule is Cl.Cl.N#CC[C@@H](c1ccc(OC(F)F)cc1)N1CCNCC1. The predicted octanol–water partition coefficient (Wildman–Crippen LogP) is 2.99. The number of nitriles is 1. The van der Waals surface area contributed by atoms with Crippen molar-refractivity contribution in [2.24, 2.45) is 0 Å². The Labute approximate surface area is 141 Å². The summed E-state index contributed by atoms with van der Waals surface area (Å²) in [7, 11) is 0. The van der Waals surface area contributed by atoms with Crippen LogP contribution in [-0.2, 0) is 0 Å². The molecule has 1 N–H and O–H groups in total. The lowest BCUT2D eigenvalue weighted by Crippen LogP contribution is -2.45. The van der Waals surface area contributed by atoms with E-state index in [1.165, 1.54) is 12.1 Å². The van der Waals surface area contributed by atoms with Gasteiger partial charge >= 0.3 is 6.61 Å². The molecule has 1 atom stereocenters. The van der Waals surface area contributed by atoms with Gasteiger partial charge < -0.3 is 10.1 Å². The van der Waals surface area contributed by atoms with Gasteiger partial charge in [-0.1, -0.05) is 12.1 Å². The molecule has 1 saturated heterocycles. The fourth-order valence-corrected chi connectivity index (χ4v) is 2.41. The van der Waals surface area contributed by atoms with Crippen LogP contribution in [0.4, 0.5) is 8.78 Å². The van der Waals surface area contributed by atoms with E-state index >= 15 is 0 Å². The minimum atomic E-state index is -2.82. The molecule has 0 bridgehead atoms. The quantitative estimate of drug-likeness (QED) is 0.883. The lowest BCUT2D eigenvalue weighted by Gasteiger charge is -2.34. The van der Waals surface area contributed by atoms with E-state index in [2.05, 4.69) is 21.0 Å². The zero-order chi connectivity index (χ0) is 14.4. The van der Waals surface area contributed by atoms with Crippen LogP contribution in [0.3, 0.4) is 0 Å². The van der Waals surface area contributed by atoms with E-state index in [-0.39, 0.29) is 36.6 Å². The largest absolute Gasteiger partial charge is 0.435 e. The van der Waals surface area contributed by atoms with Crippen molar-refractivity contribution in [3.8, 4) is 11.8 Å². The summed E-state index contributed by atoms with van der Waals surface area (Å²) in [4.78, 5) is 2.24. The first kappa shape index (κ1) is 20.9. The highest BCUT2D eigenvalue weighted by atomic mass is 35.5. The molecular formula is C14H19Cl2F2N3O. The first-order chi connectivity index (χ1) is 9.70. The smallest absolute Gasteiger partial charge is 0.387 e. The molecule has 4 nitrogen and oxygen atoms in total. The number of nitrogens with one attached hydrogen (secondary N) is 1. The zero-order valence-electron chi connectivity index (χ0n) is 11.9. The van der Waals surface area contributed by atoms with Gasteiger partial charge in [-0.2, -0.15) is 14.0 Å². The number of benzene rings is 1. The van der Waals surface area contributed by atoms with E-state index in [9.17, 15) is 8.78 Å². The monoisotopic (exact) mass is 353 g/mol. The predicted molar refractivity (Wildman–Crippen MR) is 85.0 cm³/mol. The third kappa shape index (κ3) is 5.93. The van der Waals surface area contributed by atoms with Crippen LogP contribution in [0, 0.1) is 11.3 Å². The van der Waals surface area contributed by atoms with Gasteiger partial charge in [0.15, 0.2) is 0 Å². The molecule has 1 heterocycles. The Morgan fingerprint density at radius 2 is 1.77 bits per heavy atom. The van der Waals surface area contributed by atoms with Crippen LogP contribution >= 0.6 is 24.8 Å². The normalized spacial score (nSPS) is 16.1. The number of hydrogen-bond donors (Lipinski definition) is 1. The Morgan fingerprint density at radius 1 is 1.18 bits per heavy atom. The lowest BCUT2D eigenvalue weighted by atomic mass is 10.0. The summed E-state index contributed by atoms with van der Waals surface area (Å²) >= 11 is 0. The second kappa shape index (κ2) is 10.6. The van der Waals surface area contributed by atoms with Gasteiger partial charge in [0.05, 0.1) is 12.5 Å². The first-order valence-corrected chi connectivity index (χ1v) is 6.57. The van der Waals surface area contributed by atoms with Crippen LogP contribution in [0.15, 0.2) is 24.3 Å². The van der Waals surface area contributed by atoms with Gasteiger partial charge in [0.2, 0.25) is 0 Å². The van der Waals surface area contributed by atoms with Gasteiger partial charge in [0, 0.05) is 32.2 Å². The van der Waals surface area contributed by atoms with E-state index in [1.807, 2.05) is 0 Å². The number of halogens is 4. The van der Waals surface area contributed by atoms with Crippen molar-refractivity contribution in [1.82, 2.24) is 10.2 Å². The lowest BCUT2D eigenvalue weighted by molar-refractivity contribution is -0.0498. The fourth-order valence-electron chi connectivity index (χ4n) is 2.41. The van der Waals surface area contributed by atoms with Gasteiger partial charge in [-0.3, -0.25) is 4.90 Å². The highest BCUT2D eigenvalue weighted by Gasteiger charge is 2.22. The molecule has 1 aromatic carbocycles. The van der Waals surface area contributed by atoms with E-state index < -0.39 is 6.61 Å². The molecule has 0 radical (unpaired) electrons. The van der Waals surface area contributed by atoms with Crippen LogP contribution in [0.2, 0.25) is 0 Å². The maximum Gasteiger partial charge on any atom is 0.387 e. The van der Waals surface area contributed by atoms with Gasteiger partial charge in [-0.25, -0.2) is 0 Å². The fraction of sp³-hybridized carbons (Fsp3) is 0.500. The minimum Gasteiger partial charge on any atom is -0.435 e. The molecule has 0 aliphatic carbocycles. The van der Waals surface area contributed by atoms with Crippen LogP contribution in [0.5, 0.6) is 5.75 Å². The van der Waals surface area contributed by atoms with Gasteiger partial charge in [-0.15, -0.1) is 24.8 Å². The third-order valence-corrected chi connectivity index (χ3v) is 3.37. The Kier molecular flexibility index (Phi) is 10.0. The van der Waals surface area contributed by atoms with Crippen molar-refractivity contribution in [2.75, 3.05) is 26.2 Å². The van der Waals surface area contributed by atoms with Crippen LogP contribution in [0.25, 0.3) is 0 Å². The van der Waals surface area contributed by atoms with Gasteiger partial charge in [0.1, 0.15) is 5.75 Å². The summed E-state index contributed by atoms with van der Waals surface area (Å²) in [5.74, 6) is 0.139. The minimum absolute atomic E-state index is 0. The summed E-state index contributed by atoms with van der Waals surface area (Å²) in [6.45, 7) is 0.732. The maximum absolute atomic E-state index is 12.1. The molecule has 2 rings (SSSR count). The summed E-state index contributed by atoms with van der Waals surface area (Å²) in [5, 5.41) is 12.3. The number of ether oxygens (including phenoxy) is 1. The van der Waals surface area contributed by atoms with Gasteiger partial charge in [-0.05, 0) is 17.7 Å². The zero-order valence-corrected chi connectivity index (χ0v) is 13.5. The Morgan fingerprint density at radius 3 is 2.27 bits per heavy atom. The molecule has 124 valence electrons. The summed E-state index contributed by atoms with van der Waals surface area (Å²) in [5.41, 5.74) is 0.954. The highest BCUT2D eigenvalue weighted by Crippen LogP contribution is 2.26. The molecule has 1 aliphatic heterocycles. The van der Waals surface area contributed by atoms with E-state index in [0.29, 0.717) is 6.42 Å². The first-order valence-electron chi connectivity index (χ1n) is 6.57. The summed E-state index contributed by atoms with van der Waals surface area (Å²) in [6.07, 6.45) is 0.384. The van der Waals surface area contributed by atoms with Gasteiger partial charge in [0.25, 0.3) is 0 Å². The molecule has 0 saturated carbocycles. The highest BCUT2D eigenvalue weighted by molar-refractivity contribution is 5.85. The second-order valence-corrected chi connectivity index (χ2v) is 4.61. The Bertz CT molecular complexity index is 462. The molecule has 22 heavy (non-hydrogen) atoms. The van der Waals surface area contributed by atoms with E-state index in [1.54, 1.807) is 12.1 Å². The van der Waals surface area contributed by atoms with Crippen LogP contribution in [0.1, 0.15) is 18.0 Å². The standard InChI is InChI=1S/C14H17F2N3O.2ClH/c15-14(16)20-12-3-1-11(2-4-12)13(5-6-17)19-9-7-18-8-10-19;;/h1-4,13-14,18H,5,7-10H2;2*1H/t13-;;/m0../s1. The molecular weight excluding hydrogens is 335 g/mol. The number of rotatable bonds is 5. The Balaban J connectivity index is 0.00000220. The molecule has 0 aromatic heterocycles. The molecule has 1 fully saturated rings. The molecule has 0 unspecified atom stereocenters. The van der Waals surface area contributed by atoms with E-state index in [0.717, 1.165) is 31.7 Å². The van der Waals surface area contributed by atoms with Crippen molar-refractivity contribution in [2.45, 2.75) is 19.1 Å². The number of hydrogen-bond acceptors (Lipinski definition) is 4. The third-order valence-electron chi connectivity index (χ3n) is 3.37. The van der Waals surface area contributed by atoms with Crippen molar-refractivity contribution >= 4 is 24.8 Å². The van der Waals surface area contributed by atoms with E-state index in [4.69, 9.17) is 5.26 Å².